The Morgan fingerprint density at radius 3 is 1.77 bits per heavy atom. The molecule has 1 amide bonds. The summed E-state index contributed by atoms with van der Waals surface area (Å²) in [5, 5.41) is 20.7. The van der Waals surface area contributed by atoms with Crippen LogP contribution >= 0.6 is 0 Å². The van der Waals surface area contributed by atoms with E-state index in [0.717, 1.165) is 16.0 Å². The summed E-state index contributed by atoms with van der Waals surface area (Å²) in [6.45, 7) is 11.9. The van der Waals surface area contributed by atoms with Gasteiger partial charge in [-0.15, -0.1) is 0 Å². The van der Waals surface area contributed by atoms with E-state index in [4.69, 9.17) is 0 Å². The molecule has 0 aliphatic heterocycles. The van der Waals surface area contributed by atoms with Crippen molar-refractivity contribution in [2.45, 2.75) is 52.4 Å². The van der Waals surface area contributed by atoms with Crippen LogP contribution in [0.25, 0.3) is 6.08 Å². The third-order valence-electron chi connectivity index (χ3n) is 4.96. The van der Waals surface area contributed by atoms with Gasteiger partial charge in [0.05, 0.1) is 0 Å². The summed E-state index contributed by atoms with van der Waals surface area (Å²) < 4.78 is 0. The Morgan fingerprint density at radius 1 is 0.900 bits per heavy atom. The molecule has 5 nitrogen and oxygen atoms in total. The van der Waals surface area contributed by atoms with Crippen molar-refractivity contribution >= 4 is 18.0 Å². The van der Waals surface area contributed by atoms with E-state index in [1.807, 2.05) is 41.5 Å². The third kappa shape index (κ3) is 5.09. The number of carboxylic acid groups (broad SMARTS) is 1. The second-order valence-electron chi connectivity index (χ2n) is 9.53. The summed E-state index contributed by atoms with van der Waals surface area (Å²) in [5.41, 5.74) is 1.64. The Labute approximate surface area is 178 Å². The fourth-order valence-electron chi connectivity index (χ4n) is 3.23. The van der Waals surface area contributed by atoms with Crippen molar-refractivity contribution in [1.82, 2.24) is 4.90 Å². The zero-order valence-electron chi connectivity index (χ0n) is 18.8. The number of hydrogen-bond donors (Lipinski definition) is 2. The number of amides is 1. The maximum atomic E-state index is 12.8. The molecule has 0 heterocycles. The van der Waals surface area contributed by atoms with E-state index >= 15 is 0 Å². The summed E-state index contributed by atoms with van der Waals surface area (Å²) in [5.74, 6) is -1.39. The summed E-state index contributed by atoms with van der Waals surface area (Å²) in [6.07, 6.45) is 1.48. The van der Waals surface area contributed by atoms with Crippen molar-refractivity contribution in [2.24, 2.45) is 0 Å². The number of phenols is 1. The van der Waals surface area contributed by atoms with Gasteiger partial charge in [-0.2, -0.15) is 0 Å². The van der Waals surface area contributed by atoms with Crippen LogP contribution in [0.2, 0.25) is 0 Å². The molecule has 0 saturated heterocycles. The zero-order chi connectivity index (χ0) is 22.9. The van der Waals surface area contributed by atoms with E-state index < -0.39 is 11.9 Å². The number of nitrogens with zero attached hydrogens (tertiary/aromatic N) is 1. The Balaban J connectivity index is 2.64. The summed E-state index contributed by atoms with van der Waals surface area (Å²) in [7, 11) is 1.45. The number of phenolic OH excluding ortho intramolecular Hbond substituents is 1. The molecule has 5 heteroatoms. The Morgan fingerprint density at radius 2 is 1.37 bits per heavy atom. The second-order valence-corrected chi connectivity index (χ2v) is 9.53. The quantitative estimate of drug-likeness (QED) is 0.682. The average Bonchev–Trinajstić information content (AvgIpc) is 2.64. The lowest BCUT2D eigenvalue weighted by Gasteiger charge is -2.28. The molecule has 0 spiro atoms. The molecule has 0 bridgehead atoms. The van der Waals surface area contributed by atoms with Crippen molar-refractivity contribution in [3.8, 4) is 5.75 Å². The molecule has 2 rings (SSSR count). The standard InChI is InChI=1S/C25H31NO4/c1-24(2,3)18-13-16(14-19(21(18)27)25(4,5)6)15-20(23(29)30)26(7)22(28)17-11-9-8-10-12-17/h8-15,27H,1-7H3,(H,29,30)/b20-15+. The first-order valence-corrected chi connectivity index (χ1v) is 9.89. The molecule has 0 radical (unpaired) electrons. The molecule has 0 aromatic heterocycles. The maximum Gasteiger partial charge on any atom is 0.352 e. The van der Waals surface area contributed by atoms with E-state index in [-0.39, 0.29) is 22.3 Å². The monoisotopic (exact) mass is 409 g/mol. The topological polar surface area (TPSA) is 77.8 Å². The van der Waals surface area contributed by atoms with Crippen LogP contribution in [0.15, 0.2) is 48.2 Å². The van der Waals surface area contributed by atoms with E-state index in [0.29, 0.717) is 11.1 Å². The van der Waals surface area contributed by atoms with Crippen LogP contribution in [0, 0.1) is 0 Å². The largest absolute Gasteiger partial charge is 0.507 e. The van der Waals surface area contributed by atoms with E-state index in [9.17, 15) is 19.8 Å². The van der Waals surface area contributed by atoms with Gasteiger partial charge in [-0.3, -0.25) is 4.79 Å². The van der Waals surface area contributed by atoms with Gasteiger partial charge in [0, 0.05) is 23.7 Å². The molecular weight excluding hydrogens is 378 g/mol. The minimum Gasteiger partial charge on any atom is -0.507 e. The Kier molecular flexibility index (Phi) is 6.45. The van der Waals surface area contributed by atoms with Crippen molar-refractivity contribution in [3.63, 3.8) is 0 Å². The number of hydrogen-bond acceptors (Lipinski definition) is 3. The van der Waals surface area contributed by atoms with Gasteiger partial charge in [-0.1, -0.05) is 59.7 Å². The smallest absolute Gasteiger partial charge is 0.352 e. The molecule has 2 aromatic carbocycles. The molecule has 0 fully saturated rings. The number of carboxylic acids is 1. The van der Waals surface area contributed by atoms with E-state index in [2.05, 4.69) is 0 Å². The highest BCUT2D eigenvalue weighted by molar-refractivity contribution is 6.02. The van der Waals surface area contributed by atoms with Gasteiger partial charge in [0.2, 0.25) is 0 Å². The first kappa shape index (κ1) is 23.2. The molecule has 0 unspecified atom stereocenters. The lowest BCUT2D eigenvalue weighted by atomic mass is 9.78. The SMILES string of the molecule is CN(C(=O)c1ccccc1)/C(=C/c1cc(C(C)(C)C)c(O)c(C(C)(C)C)c1)C(=O)O. The summed E-state index contributed by atoms with van der Waals surface area (Å²) >= 11 is 0. The fourth-order valence-corrected chi connectivity index (χ4v) is 3.23. The molecule has 0 aliphatic rings. The van der Waals surface area contributed by atoms with Gasteiger partial charge in [0.15, 0.2) is 0 Å². The third-order valence-corrected chi connectivity index (χ3v) is 4.96. The van der Waals surface area contributed by atoms with E-state index in [1.165, 1.54) is 13.1 Å². The Bertz CT molecular complexity index is 941. The first-order chi connectivity index (χ1) is 13.7. The van der Waals surface area contributed by atoms with Crippen molar-refractivity contribution in [1.29, 1.82) is 0 Å². The number of benzene rings is 2. The number of carbonyl (C=O) groups is 2. The molecular formula is C25H31NO4. The Hall–Kier alpha value is -3.08. The van der Waals surface area contributed by atoms with Crippen molar-refractivity contribution in [2.75, 3.05) is 7.05 Å². The zero-order valence-corrected chi connectivity index (χ0v) is 18.8. The van der Waals surface area contributed by atoms with Crippen molar-refractivity contribution in [3.05, 3.63) is 70.4 Å². The lowest BCUT2D eigenvalue weighted by Crippen LogP contribution is -2.30. The van der Waals surface area contributed by atoms with Crippen LogP contribution in [0.4, 0.5) is 0 Å². The van der Waals surface area contributed by atoms with Crippen LogP contribution < -0.4 is 0 Å². The lowest BCUT2D eigenvalue weighted by molar-refractivity contribution is -0.133. The molecule has 2 aromatic rings. The summed E-state index contributed by atoms with van der Waals surface area (Å²) in [4.78, 5) is 25.9. The normalized spacial score (nSPS) is 12.6. The van der Waals surface area contributed by atoms with Gasteiger partial charge < -0.3 is 15.1 Å². The average molecular weight is 410 g/mol. The first-order valence-electron chi connectivity index (χ1n) is 9.89. The molecule has 0 atom stereocenters. The fraction of sp³-hybridized carbons (Fsp3) is 0.360. The number of likely N-dealkylation sites (N-methyl/N-ethyl adjacent to an activating group) is 1. The van der Waals surface area contributed by atoms with Crippen LogP contribution in [0.5, 0.6) is 5.75 Å². The molecule has 0 aliphatic carbocycles. The summed E-state index contributed by atoms with van der Waals surface area (Å²) in [6, 6.07) is 12.1. The van der Waals surface area contributed by atoms with Crippen LogP contribution in [0.1, 0.15) is 68.6 Å². The van der Waals surface area contributed by atoms with E-state index in [1.54, 1.807) is 42.5 Å². The van der Waals surface area contributed by atoms with Crippen LogP contribution in [-0.2, 0) is 15.6 Å². The van der Waals surface area contributed by atoms with Gasteiger partial charge in [0.1, 0.15) is 11.4 Å². The minimum atomic E-state index is -1.20. The van der Waals surface area contributed by atoms with Crippen LogP contribution in [0.3, 0.4) is 0 Å². The predicted octanol–water partition coefficient (Wildman–Crippen LogP) is 5.18. The highest BCUT2D eigenvalue weighted by Crippen LogP contribution is 2.40. The molecule has 0 saturated carbocycles. The predicted molar refractivity (Wildman–Crippen MR) is 120 cm³/mol. The minimum absolute atomic E-state index is 0.144. The number of aliphatic carboxylic acids is 1. The molecule has 30 heavy (non-hydrogen) atoms. The van der Waals surface area contributed by atoms with Gasteiger partial charge >= 0.3 is 5.97 Å². The number of rotatable bonds is 4. The number of aromatic hydroxyl groups is 1. The highest BCUT2D eigenvalue weighted by atomic mass is 16.4. The number of carbonyl (C=O) groups excluding carboxylic acids is 1. The highest BCUT2D eigenvalue weighted by Gasteiger charge is 2.27. The maximum absolute atomic E-state index is 12.8. The van der Waals surface area contributed by atoms with Gasteiger partial charge in [0.25, 0.3) is 5.91 Å². The van der Waals surface area contributed by atoms with Gasteiger partial charge in [-0.05, 0) is 46.7 Å². The second kappa shape index (κ2) is 8.34. The van der Waals surface area contributed by atoms with Crippen molar-refractivity contribution < 1.29 is 19.8 Å². The molecule has 160 valence electrons. The van der Waals surface area contributed by atoms with Crippen LogP contribution in [-0.4, -0.2) is 34.0 Å². The van der Waals surface area contributed by atoms with Gasteiger partial charge in [-0.25, -0.2) is 4.79 Å². The molecule has 2 N–H and O–H groups in total.